The van der Waals surface area contributed by atoms with E-state index in [1.807, 2.05) is 17.1 Å². The van der Waals surface area contributed by atoms with Gasteiger partial charge in [-0.25, -0.2) is 5.01 Å². The fourth-order valence-corrected chi connectivity index (χ4v) is 1.68. The van der Waals surface area contributed by atoms with Gasteiger partial charge in [-0.05, 0) is 12.1 Å². The molecule has 2 rings (SSSR count). The van der Waals surface area contributed by atoms with Gasteiger partial charge in [-0.2, -0.15) is 0 Å². The third-order valence-electron chi connectivity index (χ3n) is 2.65. The number of aliphatic hydroxyl groups is 1. The molecule has 5 nitrogen and oxygen atoms in total. The van der Waals surface area contributed by atoms with Crippen molar-refractivity contribution in [2.24, 2.45) is 5.84 Å². The molecule has 0 amide bonds. The zero-order valence-electron chi connectivity index (χ0n) is 8.63. The summed E-state index contributed by atoms with van der Waals surface area (Å²) < 4.78 is 0. The van der Waals surface area contributed by atoms with Crippen LogP contribution in [0.15, 0.2) is 18.3 Å². The van der Waals surface area contributed by atoms with Crippen molar-refractivity contribution in [2.75, 3.05) is 31.1 Å². The maximum absolute atomic E-state index is 8.87. The van der Waals surface area contributed by atoms with Crippen LogP contribution in [0.5, 0.6) is 0 Å². The quantitative estimate of drug-likeness (QED) is 0.646. The highest BCUT2D eigenvalue weighted by molar-refractivity contribution is 5.44. The summed E-state index contributed by atoms with van der Waals surface area (Å²) in [4.78, 5) is 6.40. The molecule has 1 aliphatic heterocycles. The number of piperazine rings is 1. The summed E-state index contributed by atoms with van der Waals surface area (Å²) >= 11 is 0. The van der Waals surface area contributed by atoms with Gasteiger partial charge < -0.3 is 10.0 Å². The van der Waals surface area contributed by atoms with Crippen LogP contribution in [-0.2, 0) is 6.61 Å². The van der Waals surface area contributed by atoms with Crippen LogP contribution in [0.2, 0.25) is 0 Å². The van der Waals surface area contributed by atoms with E-state index in [-0.39, 0.29) is 6.61 Å². The summed E-state index contributed by atoms with van der Waals surface area (Å²) in [5.74, 6) is 5.68. The van der Waals surface area contributed by atoms with Gasteiger partial charge in [-0.3, -0.25) is 10.8 Å². The zero-order valence-corrected chi connectivity index (χ0v) is 8.63. The SMILES string of the molecule is NN1CCN(c2ccc(CO)nc2)CC1. The van der Waals surface area contributed by atoms with Crippen LogP contribution in [0.25, 0.3) is 0 Å². The summed E-state index contributed by atoms with van der Waals surface area (Å²) in [5.41, 5.74) is 1.80. The van der Waals surface area contributed by atoms with Crippen LogP contribution >= 0.6 is 0 Å². The smallest absolute Gasteiger partial charge is 0.0852 e. The number of aliphatic hydroxyl groups excluding tert-OH is 1. The number of nitrogens with zero attached hydrogens (tertiary/aromatic N) is 3. The second-order valence-corrected chi connectivity index (χ2v) is 3.69. The van der Waals surface area contributed by atoms with Crippen LogP contribution in [0.1, 0.15) is 5.69 Å². The number of hydrazine groups is 1. The van der Waals surface area contributed by atoms with Crippen LogP contribution in [-0.4, -0.2) is 41.3 Å². The first kappa shape index (κ1) is 10.4. The van der Waals surface area contributed by atoms with Crippen molar-refractivity contribution >= 4 is 5.69 Å². The largest absolute Gasteiger partial charge is 0.390 e. The minimum Gasteiger partial charge on any atom is -0.390 e. The van der Waals surface area contributed by atoms with Crippen LogP contribution in [0.4, 0.5) is 5.69 Å². The molecule has 0 radical (unpaired) electrons. The summed E-state index contributed by atoms with van der Waals surface area (Å²) in [6, 6.07) is 3.84. The Morgan fingerprint density at radius 3 is 2.53 bits per heavy atom. The Bertz CT molecular complexity index is 306. The zero-order chi connectivity index (χ0) is 10.7. The van der Waals surface area contributed by atoms with E-state index < -0.39 is 0 Å². The van der Waals surface area contributed by atoms with Gasteiger partial charge >= 0.3 is 0 Å². The minimum absolute atomic E-state index is 0.00312. The predicted octanol–water partition coefficient (Wildman–Crippen LogP) is -0.430. The van der Waals surface area contributed by atoms with Crippen molar-refractivity contribution in [1.29, 1.82) is 0 Å². The Hall–Kier alpha value is -1.17. The van der Waals surface area contributed by atoms with E-state index in [1.165, 1.54) is 0 Å². The highest BCUT2D eigenvalue weighted by Gasteiger charge is 2.14. The van der Waals surface area contributed by atoms with Gasteiger partial charge in [0.2, 0.25) is 0 Å². The van der Waals surface area contributed by atoms with Crippen LogP contribution in [0, 0.1) is 0 Å². The fraction of sp³-hybridized carbons (Fsp3) is 0.500. The molecule has 82 valence electrons. The lowest BCUT2D eigenvalue weighted by molar-refractivity contribution is 0.266. The Morgan fingerprint density at radius 1 is 1.27 bits per heavy atom. The van der Waals surface area contributed by atoms with E-state index in [2.05, 4.69) is 9.88 Å². The monoisotopic (exact) mass is 208 g/mol. The Labute approximate surface area is 89.1 Å². The summed E-state index contributed by atoms with van der Waals surface area (Å²) in [6.07, 6.45) is 1.80. The van der Waals surface area contributed by atoms with E-state index in [1.54, 1.807) is 6.20 Å². The molecule has 1 saturated heterocycles. The molecule has 15 heavy (non-hydrogen) atoms. The fourth-order valence-electron chi connectivity index (χ4n) is 1.68. The number of pyridine rings is 1. The van der Waals surface area contributed by atoms with Crippen LogP contribution < -0.4 is 10.7 Å². The highest BCUT2D eigenvalue weighted by Crippen LogP contribution is 2.14. The van der Waals surface area contributed by atoms with Gasteiger partial charge in [-0.1, -0.05) is 0 Å². The summed E-state index contributed by atoms with van der Waals surface area (Å²) in [6.45, 7) is 3.60. The maximum atomic E-state index is 8.87. The Balaban J connectivity index is 2.03. The highest BCUT2D eigenvalue weighted by atomic mass is 16.3. The molecular weight excluding hydrogens is 192 g/mol. The number of anilines is 1. The number of rotatable bonds is 2. The topological polar surface area (TPSA) is 65.6 Å². The normalized spacial score (nSPS) is 18.1. The van der Waals surface area contributed by atoms with Gasteiger partial charge in [0.05, 0.1) is 24.2 Å². The van der Waals surface area contributed by atoms with E-state index >= 15 is 0 Å². The van der Waals surface area contributed by atoms with E-state index in [0.29, 0.717) is 5.69 Å². The average molecular weight is 208 g/mol. The van der Waals surface area contributed by atoms with Gasteiger partial charge in [0, 0.05) is 26.2 Å². The molecule has 0 spiro atoms. The lowest BCUT2D eigenvalue weighted by atomic mass is 10.3. The predicted molar refractivity (Wildman–Crippen MR) is 58.1 cm³/mol. The second kappa shape index (κ2) is 4.57. The van der Waals surface area contributed by atoms with Gasteiger partial charge in [0.1, 0.15) is 0 Å². The second-order valence-electron chi connectivity index (χ2n) is 3.69. The lowest BCUT2D eigenvalue weighted by Crippen LogP contribution is -2.49. The minimum atomic E-state index is -0.00312. The summed E-state index contributed by atoms with van der Waals surface area (Å²) in [7, 11) is 0. The molecule has 1 aliphatic rings. The van der Waals surface area contributed by atoms with Crippen molar-refractivity contribution in [2.45, 2.75) is 6.61 Å². The van der Waals surface area contributed by atoms with E-state index in [9.17, 15) is 0 Å². The van der Waals surface area contributed by atoms with Crippen molar-refractivity contribution in [3.63, 3.8) is 0 Å². The number of hydrogen-bond acceptors (Lipinski definition) is 5. The third kappa shape index (κ3) is 2.44. The molecule has 3 N–H and O–H groups in total. The first-order chi connectivity index (χ1) is 7.29. The van der Waals surface area contributed by atoms with Crippen LogP contribution in [0.3, 0.4) is 0 Å². The van der Waals surface area contributed by atoms with Crippen molar-refractivity contribution in [1.82, 2.24) is 9.99 Å². The number of hydrogen-bond donors (Lipinski definition) is 2. The lowest BCUT2D eigenvalue weighted by Gasteiger charge is -2.33. The first-order valence-electron chi connectivity index (χ1n) is 5.10. The van der Waals surface area contributed by atoms with Gasteiger partial charge in [0.15, 0.2) is 0 Å². The molecular formula is C10H16N4O. The Morgan fingerprint density at radius 2 is 2.00 bits per heavy atom. The van der Waals surface area contributed by atoms with Crippen molar-refractivity contribution < 1.29 is 5.11 Å². The van der Waals surface area contributed by atoms with Gasteiger partial charge in [-0.15, -0.1) is 0 Å². The molecule has 1 aromatic rings. The van der Waals surface area contributed by atoms with E-state index in [0.717, 1.165) is 31.9 Å². The molecule has 1 aromatic heterocycles. The van der Waals surface area contributed by atoms with E-state index in [4.69, 9.17) is 10.9 Å². The molecule has 1 fully saturated rings. The first-order valence-corrected chi connectivity index (χ1v) is 5.10. The molecule has 0 saturated carbocycles. The maximum Gasteiger partial charge on any atom is 0.0852 e. The molecule has 0 bridgehead atoms. The molecule has 0 aliphatic carbocycles. The molecule has 0 atom stereocenters. The molecule has 5 heteroatoms. The standard InChI is InChI=1S/C10H16N4O/c11-14-5-3-13(4-6-14)10-2-1-9(8-15)12-7-10/h1-2,7,15H,3-6,8,11H2. The van der Waals surface area contributed by atoms with Crippen molar-refractivity contribution in [3.8, 4) is 0 Å². The Kier molecular flexibility index (Phi) is 3.15. The number of aromatic nitrogens is 1. The molecule has 2 heterocycles. The number of nitrogens with two attached hydrogens (primary N) is 1. The molecule has 0 unspecified atom stereocenters. The third-order valence-corrected chi connectivity index (χ3v) is 2.65. The average Bonchev–Trinajstić information content (AvgIpc) is 2.30. The van der Waals surface area contributed by atoms with Gasteiger partial charge in [0.25, 0.3) is 0 Å². The molecule has 0 aromatic carbocycles. The summed E-state index contributed by atoms with van der Waals surface area (Å²) in [5, 5.41) is 10.7. The van der Waals surface area contributed by atoms with Crippen molar-refractivity contribution in [3.05, 3.63) is 24.0 Å².